The Morgan fingerprint density at radius 1 is 1.17 bits per heavy atom. The summed E-state index contributed by atoms with van der Waals surface area (Å²) in [4.78, 5) is 38.6. The lowest BCUT2D eigenvalue weighted by molar-refractivity contribution is -0.122. The maximum Gasteiger partial charge on any atom is 0.336 e. The van der Waals surface area contributed by atoms with Gasteiger partial charge in [0, 0.05) is 4.47 Å². The molecule has 1 fully saturated rings. The number of urea groups is 1. The molecule has 0 unspecified atom stereocenters. The number of methoxy groups -OCH3 is 1. The first-order valence-electron chi connectivity index (χ1n) is 8.64. The van der Waals surface area contributed by atoms with Gasteiger partial charge in [0.15, 0.2) is 11.5 Å². The van der Waals surface area contributed by atoms with Crippen molar-refractivity contribution in [2.45, 2.75) is 6.92 Å². The topological polar surface area (TPSA) is 84.9 Å². The molecule has 0 saturated carbocycles. The van der Waals surface area contributed by atoms with Gasteiger partial charge in [-0.25, -0.2) is 9.69 Å². The van der Waals surface area contributed by atoms with Crippen LogP contribution in [0.2, 0.25) is 10.0 Å². The fourth-order valence-corrected chi connectivity index (χ4v) is 3.60. The predicted octanol–water partition coefficient (Wildman–Crippen LogP) is 4.83. The molecule has 0 atom stereocenters. The number of ether oxygens (including phenoxy) is 2. The van der Waals surface area contributed by atoms with E-state index in [1.165, 1.54) is 31.4 Å². The van der Waals surface area contributed by atoms with Gasteiger partial charge in [-0.05, 0) is 42.8 Å². The zero-order valence-corrected chi connectivity index (χ0v) is 18.9. The van der Waals surface area contributed by atoms with Gasteiger partial charge in [-0.2, -0.15) is 0 Å². The Hall–Kier alpha value is -2.55. The maximum absolute atomic E-state index is 13.1. The van der Waals surface area contributed by atoms with Crippen molar-refractivity contribution in [3.05, 3.63) is 56.0 Å². The van der Waals surface area contributed by atoms with Crippen molar-refractivity contribution in [1.82, 2.24) is 5.32 Å². The Bertz CT molecular complexity index is 1090. The first-order valence-corrected chi connectivity index (χ1v) is 10.2. The third-order valence-electron chi connectivity index (χ3n) is 4.16. The van der Waals surface area contributed by atoms with E-state index in [1.54, 1.807) is 12.1 Å². The Morgan fingerprint density at radius 3 is 2.57 bits per heavy atom. The Labute approximate surface area is 190 Å². The van der Waals surface area contributed by atoms with Crippen LogP contribution in [0.4, 0.5) is 10.5 Å². The molecule has 0 aliphatic carbocycles. The fraction of sp³-hybridized carbons (Fsp3) is 0.150. The monoisotopic (exact) mass is 512 g/mol. The molecule has 156 valence electrons. The molecular weight excluding hydrogens is 499 g/mol. The Morgan fingerprint density at radius 2 is 1.90 bits per heavy atom. The Kier molecular flexibility index (Phi) is 6.70. The number of carbonyl (C=O) groups excluding carboxylic acids is 3. The SMILES string of the molecule is CCOc1cc(Br)c(/C=C2\C(=O)NC(=O)N(c3cccc(Cl)c3Cl)C2=O)cc1OC. The maximum atomic E-state index is 13.1. The number of barbiturate groups is 1. The molecular formula is C20H15BrCl2N2O5. The minimum Gasteiger partial charge on any atom is -0.493 e. The van der Waals surface area contributed by atoms with Gasteiger partial charge >= 0.3 is 6.03 Å². The number of halogens is 3. The summed E-state index contributed by atoms with van der Waals surface area (Å²) in [5.41, 5.74) is 0.270. The zero-order chi connectivity index (χ0) is 22.0. The number of benzene rings is 2. The zero-order valence-electron chi connectivity index (χ0n) is 15.8. The predicted molar refractivity (Wildman–Crippen MR) is 117 cm³/mol. The van der Waals surface area contributed by atoms with Crippen LogP contribution >= 0.6 is 39.1 Å². The van der Waals surface area contributed by atoms with Crippen LogP contribution in [0.15, 0.2) is 40.4 Å². The van der Waals surface area contributed by atoms with Crippen molar-refractivity contribution in [2.75, 3.05) is 18.6 Å². The van der Waals surface area contributed by atoms with E-state index in [2.05, 4.69) is 21.2 Å². The highest BCUT2D eigenvalue weighted by atomic mass is 79.9. The summed E-state index contributed by atoms with van der Waals surface area (Å²) in [5, 5.41) is 2.32. The van der Waals surface area contributed by atoms with Crippen LogP contribution in [0.3, 0.4) is 0 Å². The first kappa shape index (κ1) is 22.1. The molecule has 0 aromatic heterocycles. The number of imide groups is 2. The minimum atomic E-state index is -0.922. The minimum absolute atomic E-state index is 0.0142. The molecule has 30 heavy (non-hydrogen) atoms. The van der Waals surface area contributed by atoms with Crippen molar-refractivity contribution in [1.29, 1.82) is 0 Å². The highest BCUT2D eigenvalue weighted by Crippen LogP contribution is 2.37. The summed E-state index contributed by atoms with van der Waals surface area (Å²) in [5.74, 6) is -0.760. The molecule has 0 bridgehead atoms. The largest absolute Gasteiger partial charge is 0.493 e. The number of anilines is 1. The lowest BCUT2D eigenvalue weighted by Crippen LogP contribution is -2.54. The van der Waals surface area contributed by atoms with Gasteiger partial charge in [0.25, 0.3) is 11.8 Å². The highest BCUT2D eigenvalue weighted by Gasteiger charge is 2.38. The highest BCUT2D eigenvalue weighted by molar-refractivity contribution is 9.10. The van der Waals surface area contributed by atoms with Crippen LogP contribution in [0, 0.1) is 0 Å². The van der Waals surface area contributed by atoms with E-state index in [0.717, 1.165) is 4.90 Å². The van der Waals surface area contributed by atoms with Crippen LogP contribution in [0.25, 0.3) is 6.08 Å². The summed E-state index contributed by atoms with van der Waals surface area (Å²) in [7, 11) is 1.47. The van der Waals surface area contributed by atoms with Crippen LogP contribution in [0.1, 0.15) is 12.5 Å². The van der Waals surface area contributed by atoms with Gasteiger partial charge in [0.2, 0.25) is 0 Å². The quantitative estimate of drug-likeness (QED) is 0.457. The third-order valence-corrected chi connectivity index (χ3v) is 5.65. The molecule has 7 nitrogen and oxygen atoms in total. The molecule has 0 spiro atoms. The molecule has 0 radical (unpaired) electrons. The van der Waals surface area contributed by atoms with Crippen molar-refractivity contribution in [2.24, 2.45) is 0 Å². The lowest BCUT2D eigenvalue weighted by atomic mass is 10.1. The number of nitrogens with zero attached hydrogens (tertiary/aromatic N) is 1. The second-order valence-corrected chi connectivity index (χ2v) is 7.63. The number of hydrogen-bond acceptors (Lipinski definition) is 5. The molecule has 1 aliphatic rings. The summed E-state index contributed by atoms with van der Waals surface area (Å²) in [6.07, 6.45) is 1.35. The molecule has 1 saturated heterocycles. The Balaban J connectivity index is 2.08. The normalized spacial score (nSPS) is 15.4. The van der Waals surface area contributed by atoms with Gasteiger partial charge in [-0.3, -0.25) is 14.9 Å². The summed E-state index contributed by atoms with van der Waals surface area (Å²) < 4.78 is 11.4. The van der Waals surface area contributed by atoms with E-state index >= 15 is 0 Å². The van der Waals surface area contributed by atoms with Crippen molar-refractivity contribution < 1.29 is 23.9 Å². The van der Waals surface area contributed by atoms with E-state index in [9.17, 15) is 14.4 Å². The summed E-state index contributed by atoms with van der Waals surface area (Å²) in [6, 6.07) is 6.86. The van der Waals surface area contributed by atoms with E-state index < -0.39 is 17.8 Å². The second-order valence-electron chi connectivity index (χ2n) is 5.99. The molecule has 1 heterocycles. The average Bonchev–Trinajstić information content (AvgIpc) is 2.69. The van der Waals surface area contributed by atoms with Crippen LogP contribution in [-0.4, -0.2) is 31.6 Å². The molecule has 1 N–H and O–H groups in total. The average molecular weight is 514 g/mol. The molecule has 3 rings (SSSR count). The van der Waals surface area contributed by atoms with Gasteiger partial charge in [0.05, 0.1) is 29.4 Å². The van der Waals surface area contributed by atoms with Gasteiger partial charge in [0.1, 0.15) is 5.57 Å². The van der Waals surface area contributed by atoms with Gasteiger partial charge in [-0.15, -0.1) is 0 Å². The van der Waals surface area contributed by atoms with E-state index in [4.69, 9.17) is 32.7 Å². The number of nitrogens with one attached hydrogen (secondary N) is 1. The molecule has 2 aromatic rings. The lowest BCUT2D eigenvalue weighted by Gasteiger charge is -2.27. The van der Waals surface area contributed by atoms with E-state index in [1.807, 2.05) is 6.92 Å². The molecule has 10 heteroatoms. The van der Waals surface area contributed by atoms with Gasteiger partial charge in [-0.1, -0.05) is 45.2 Å². The van der Waals surface area contributed by atoms with Crippen LogP contribution < -0.4 is 19.7 Å². The summed E-state index contributed by atoms with van der Waals surface area (Å²) >= 11 is 15.6. The third kappa shape index (κ3) is 4.16. The number of amides is 4. The smallest absolute Gasteiger partial charge is 0.336 e. The molecule has 2 aromatic carbocycles. The molecule has 1 aliphatic heterocycles. The first-order chi connectivity index (χ1) is 14.3. The van der Waals surface area contributed by atoms with E-state index in [-0.39, 0.29) is 21.3 Å². The second kappa shape index (κ2) is 9.07. The fourth-order valence-electron chi connectivity index (χ4n) is 2.79. The number of rotatable bonds is 5. The van der Waals surface area contributed by atoms with Crippen LogP contribution in [0.5, 0.6) is 11.5 Å². The van der Waals surface area contributed by atoms with E-state index in [0.29, 0.717) is 28.1 Å². The number of hydrogen-bond donors (Lipinski definition) is 1. The van der Waals surface area contributed by atoms with Crippen LogP contribution in [-0.2, 0) is 9.59 Å². The van der Waals surface area contributed by atoms with Crippen molar-refractivity contribution >= 4 is 68.7 Å². The van der Waals surface area contributed by atoms with Crippen molar-refractivity contribution in [3.63, 3.8) is 0 Å². The van der Waals surface area contributed by atoms with Gasteiger partial charge < -0.3 is 9.47 Å². The summed E-state index contributed by atoms with van der Waals surface area (Å²) in [6.45, 7) is 2.27. The standard InChI is InChI=1S/C20H15BrCl2N2O5/c1-3-30-16-9-12(21)10(8-15(16)29-2)7-11-18(26)24-20(28)25(19(11)27)14-6-4-5-13(22)17(14)23/h4-9H,3H2,1-2H3,(H,24,26,28)/b11-7+. The number of carbonyl (C=O) groups is 3. The molecule has 4 amide bonds. The van der Waals surface area contributed by atoms with Crippen molar-refractivity contribution in [3.8, 4) is 11.5 Å².